The Morgan fingerprint density at radius 2 is 1.70 bits per heavy atom. The molecule has 0 spiro atoms. The molecule has 1 saturated heterocycles. The number of aryl methyl sites for hydroxylation is 1. The summed E-state index contributed by atoms with van der Waals surface area (Å²) < 4.78 is 16.3. The maximum absolute atomic E-state index is 5.91. The molecule has 1 aromatic heterocycles. The molecule has 158 valence electrons. The molecule has 0 unspecified atom stereocenters. The van der Waals surface area contributed by atoms with Gasteiger partial charge in [0.15, 0.2) is 0 Å². The van der Waals surface area contributed by atoms with Gasteiger partial charge in [0.1, 0.15) is 0 Å². The van der Waals surface area contributed by atoms with E-state index in [4.69, 9.17) is 14.0 Å². The SMILES string of the molecule is CCOCCO[C@@H]1CCN(Cc2ccc(-c3ccc(-c4noc(C)n4)cc3)cc2)C1. The van der Waals surface area contributed by atoms with E-state index in [2.05, 4.69) is 51.4 Å². The van der Waals surface area contributed by atoms with Gasteiger partial charge in [-0.2, -0.15) is 4.98 Å². The Bertz CT molecular complexity index is 922. The second-order valence-corrected chi connectivity index (χ2v) is 7.62. The largest absolute Gasteiger partial charge is 0.379 e. The first-order valence-corrected chi connectivity index (χ1v) is 10.6. The molecule has 2 aromatic carbocycles. The fraction of sp³-hybridized carbons (Fsp3) is 0.417. The van der Waals surface area contributed by atoms with Gasteiger partial charge in [-0.05, 0) is 30.0 Å². The number of hydrogen-bond donors (Lipinski definition) is 0. The number of likely N-dealkylation sites (tertiary alicyclic amines) is 1. The molecule has 0 aliphatic carbocycles. The summed E-state index contributed by atoms with van der Waals surface area (Å²) in [5.41, 5.74) is 4.66. The lowest BCUT2D eigenvalue weighted by molar-refractivity contribution is 0.0117. The lowest BCUT2D eigenvalue weighted by atomic mass is 10.0. The molecule has 2 heterocycles. The minimum atomic E-state index is 0.325. The molecule has 0 radical (unpaired) electrons. The van der Waals surface area contributed by atoms with Crippen LogP contribution < -0.4 is 0 Å². The van der Waals surface area contributed by atoms with Gasteiger partial charge in [-0.15, -0.1) is 0 Å². The van der Waals surface area contributed by atoms with Gasteiger partial charge in [0.2, 0.25) is 11.7 Å². The van der Waals surface area contributed by atoms with Gasteiger partial charge < -0.3 is 14.0 Å². The Kier molecular flexibility index (Phi) is 6.89. The molecule has 3 aromatic rings. The highest BCUT2D eigenvalue weighted by Gasteiger charge is 2.22. The molecular formula is C24H29N3O3. The average molecular weight is 408 g/mol. The van der Waals surface area contributed by atoms with Crippen LogP contribution in [0.15, 0.2) is 53.1 Å². The zero-order chi connectivity index (χ0) is 20.8. The van der Waals surface area contributed by atoms with Crippen LogP contribution in [0, 0.1) is 6.92 Å². The van der Waals surface area contributed by atoms with Crippen molar-refractivity contribution in [3.63, 3.8) is 0 Å². The van der Waals surface area contributed by atoms with Crippen molar-refractivity contribution in [3.8, 4) is 22.5 Å². The molecule has 6 nitrogen and oxygen atoms in total. The molecule has 1 atom stereocenters. The van der Waals surface area contributed by atoms with Crippen LogP contribution >= 0.6 is 0 Å². The minimum absolute atomic E-state index is 0.325. The number of hydrogen-bond acceptors (Lipinski definition) is 6. The summed E-state index contributed by atoms with van der Waals surface area (Å²) in [5.74, 6) is 1.20. The maximum atomic E-state index is 5.91. The van der Waals surface area contributed by atoms with Gasteiger partial charge in [0, 0.05) is 38.7 Å². The van der Waals surface area contributed by atoms with Crippen LogP contribution in [-0.2, 0) is 16.0 Å². The summed E-state index contributed by atoms with van der Waals surface area (Å²) in [6.07, 6.45) is 1.42. The summed E-state index contributed by atoms with van der Waals surface area (Å²) >= 11 is 0. The summed E-state index contributed by atoms with van der Waals surface area (Å²) in [4.78, 5) is 6.74. The van der Waals surface area contributed by atoms with E-state index in [1.807, 2.05) is 19.1 Å². The zero-order valence-electron chi connectivity index (χ0n) is 17.7. The van der Waals surface area contributed by atoms with Crippen LogP contribution in [-0.4, -0.2) is 54.1 Å². The number of aromatic nitrogens is 2. The zero-order valence-corrected chi connectivity index (χ0v) is 17.7. The molecule has 0 amide bonds. The standard InChI is InChI=1S/C24H29N3O3/c1-3-28-14-15-29-23-12-13-27(17-23)16-19-4-6-20(7-5-19)21-8-10-22(11-9-21)24-25-18(2)30-26-24/h4-11,23H,3,12-17H2,1-2H3/t23-/m1/s1. The van der Waals surface area contributed by atoms with Crippen LogP contribution in [0.1, 0.15) is 24.8 Å². The predicted octanol–water partition coefficient (Wildman–Crippen LogP) is 4.34. The molecule has 0 bridgehead atoms. The molecule has 6 heteroatoms. The quantitative estimate of drug-likeness (QED) is 0.492. The van der Waals surface area contributed by atoms with Crippen molar-refractivity contribution in [2.75, 3.05) is 32.9 Å². The topological polar surface area (TPSA) is 60.6 Å². The normalized spacial score (nSPS) is 16.9. The molecule has 0 N–H and O–H groups in total. The van der Waals surface area contributed by atoms with Crippen molar-refractivity contribution in [2.45, 2.75) is 32.9 Å². The van der Waals surface area contributed by atoms with E-state index in [0.29, 0.717) is 31.0 Å². The summed E-state index contributed by atoms with van der Waals surface area (Å²) in [5, 5.41) is 3.97. The van der Waals surface area contributed by atoms with E-state index in [9.17, 15) is 0 Å². The van der Waals surface area contributed by atoms with Crippen molar-refractivity contribution in [3.05, 3.63) is 60.0 Å². The van der Waals surface area contributed by atoms with E-state index < -0.39 is 0 Å². The fourth-order valence-electron chi connectivity index (χ4n) is 3.78. The summed E-state index contributed by atoms with van der Waals surface area (Å²) in [6.45, 7) is 8.96. The van der Waals surface area contributed by atoms with E-state index in [1.54, 1.807) is 6.92 Å². The van der Waals surface area contributed by atoms with Gasteiger partial charge in [-0.25, -0.2) is 0 Å². The highest BCUT2D eigenvalue weighted by atomic mass is 16.5. The number of rotatable bonds is 9. The van der Waals surface area contributed by atoms with Crippen LogP contribution in [0.25, 0.3) is 22.5 Å². The molecular weight excluding hydrogens is 378 g/mol. The Morgan fingerprint density at radius 1 is 1.00 bits per heavy atom. The van der Waals surface area contributed by atoms with Crippen molar-refractivity contribution in [1.29, 1.82) is 0 Å². The van der Waals surface area contributed by atoms with Crippen LogP contribution in [0.5, 0.6) is 0 Å². The Labute approximate surface area is 177 Å². The predicted molar refractivity (Wildman–Crippen MR) is 116 cm³/mol. The van der Waals surface area contributed by atoms with Crippen molar-refractivity contribution < 1.29 is 14.0 Å². The van der Waals surface area contributed by atoms with Crippen LogP contribution in [0.4, 0.5) is 0 Å². The third-order valence-electron chi connectivity index (χ3n) is 5.38. The first-order chi connectivity index (χ1) is 14.7. The second-order valence-electron chi connectivity index (χ2n) is 7.62. The van der Waals surface area contributed by atoms with Crippen LogP contribution in [0.2, 0.25) is 0 Å². The molecule has 0 saturated carbocycles. The minimum Gasteiger partial charge on any atom is -0.379 e. The van der Waals surface area contributed by atoms with Gasteiger partial charge in [-0.1, -0.05) is 53.7 Å². The Hall–Kier alpha value is -2.54. The highest BCUT2D eigenvalue weighted by Crippen LogP contribution is 2.24. The van der Waals surface area contributed by atoms with E-state index >= 15 is 0 Å². The smallest absolute Gasteiger partial charge is 0.223 e. The molecule has 1 fully saturated rings. The number of ether oxygens (including phenoxy) is 2. The Morgan fingerprint density at radius 3 is 2.37 bits per heavy atom. The van der Waals surface area contributed by atoms with Gasteiger partial charge in [0.05, 0.1) is 19.3 Å². The highest BCUT2D eigenvalue weighted by molar-refractivity contribution is 5.67. The fourth-order valence-corrected chi connectivity index (χ4v) is 3.78. The van der Waals surface area contributed by atoms with Gasteiger partial charge >= 0.3 is 0 Å². The first kappa shape index (κ1) is 20.7. The van der Waals surface area contributed by atoms with E-state index in [1.165, 1.54) is 16.7 Å². The van der Waals surface area contributed by atoms with Crippen molar-refractivity contribution >= 4 is 0 Å². The third kappa shape index (κ3) is 5.33. The summed E-state index contributed by atoms with van der Waals surface area (Å²) in [6, 6.07) is 17.1. The van der Waals surface area contributed by atoms with E-state index in [-0.39, 0.29) is 0 Å². The van der Waals surface area contributed by atoms with Crippen molar-refractivity contribution in [2.24, 2.45) is 0 Å². The van der Waals surface area contributed by atoms with Crippen molar-refractivity contribution in [1.82, 2.24) is 15.0 Å². The Balaban J connectivity index is 1.30. The molecule has 30 heavy (non-hydrogen) atoms. The number of nitrogens with zero attached hydrogens (tertiary/aromatic N) is 3. The monoisotopic (exact) mass is 407 g/mol. The molecule has 1 aliphatic heterocycles. The maximum Gasteiger partial charge on any atom is 0.223 e. The van der Waals surface area contributed by atoms with Gasteiger partial charge in [0.25, 0.3) is 0 Å². The third-order valence-corrected chi connectivity index (χ3v) is 5.38. The first-order valence-electron chi connectivity index (χ1n) is 10.6. The summed E-state index contributed by atoms with van der Waals surface area (Å²) in [7, 11) is 0. The molecule has 4 rings (SSSR count). The van der Waals surface area contributed by atoms with Crippen LogP contribution in [0.3, 0.4) is 0 Å². The average Bonchev–Trinajstić information content (AvgIpc) is 3.41. The second kappa shape index (κ2) is 9.98. The number of benzene rings is 2. The lowest BCUT2D eigenvalue weighted by Crippen LogP contribution is -2.24. The lowest BCUT2D eigenvalue weighted by Gasteiger charge is -2.16. The van der Waals surface area contributed by atoms with E-state index in [0.717, 1.165) is 38.2 Å². The molecule has 1 aliphatic rings. The van der Waals surface area contributed by atoms with Gasteiger partial charge in [-0.3, -0.25) is 4.90 Å².